The molecule has 3 atom stereocenters. The van der Waals surface area contributed by atoms with Crippen LogP contribution < -0.4 is 0 Å². The van der Waals surface area contributed by atoms with Crippen LogP contribution in [0.15, 0.2) is 35.2 Å². The van der Waals surface area contributed by atoms with Crippen LogP contribution in [-0.2, 0) is 10.0 Å². The van der Waals surface area contributed by atoms with Gasteiger partial charge in [-0.2, -0.15) is 9.40 Å². The van der Waals surface area contributed by atoms with E-state index in [9.17, 15) is 8.42 Å². The number of rotatable bonds is 3. The molecule has 2 fully saturated rings. The monoisotopic (exact) mass is 374 g/mol. The zero-order valence-corrected chi connectivity index (χ0v) is 16.3. The van der Waals surface area contributed by atoms with Gasteiger partial charge in [-0.05, 0) is 38.8 Å². The fraction of sp³-hybridized carbons (Fsp3) is 0.526. The van der Waals surface area contributed by atoms with Crippen LogP contribution >= 0.6 is 0 Å². The second-order valence-corrected chi connectivity index (χ2v) is 9.48. The molecule has 4 rings (SSSR count). The summed E-state index contributed by atoms with van der Waals surface area (Å²) in [5.41, 5.74) is 2.47. The molecule has 1 N–H and O–H groups in total. The average Bonchev–Trinajstić information content (AvgIpc) is 3.15. The number of benzene rings is 1. The Morgan fingerprint density at radius 1 is 1.15 bits per heavy atom. The Bertz CT molecular complexity index is 874. The topological polar surface area (TPSA) is 69.3 Å². The zero-order valence-electron chi connectivity index (χ0n) is 15.5. The van der Waals surface area contributed by atoms with Gasteiger partial charge in [0, 0.05) is 31.6 Å². The minimum atomic E-state index is -3.52. The predicted octanol–water partition coefficient (Wildman–Crippen LogP) is 2.13. The van der Waals surface area contributed by atoms with E-state index in [2.05, 4.69) is 46.4 Å². The van der Waals surface area contributed by atoms with Crippen molar-refractivity contribution in [1.29, 1.82) is 0 Å². The molecule has 0 unspecified atom stereocenters. The standard InChI is InChI=1S/C19H26N4O2S/c1-13-19(14(2)21-20-13)26(24,25)23-10-9-18-17(12-23)16(11-22(18)3)15-7-5-4-6-8-15/h4-8,16-18H,9-12H2,1-3H3,(H,20,21)/t16-,17-,18-/m1/s1. The average molecular weight is 375 g/mol. The number of hydrogen-bond donors (Lipinski definition) is 1. The summed E-state index contributed by atoms with van der Waals surface area (Å²) in [6.45, 7) is 5.65. The summed E-state index contributed by atoms with van der Waals surface area (Å²) in [4.78, 5) is 2.75. The van der Waals surface area contributed by atoms with Crippen LogP contribution in [0.3, 0.4) is 0 Å². The van der Waals surface area contributed by atoms with Gasteiger partial charge in [0.2, 0.25) is 10.0 Å². The van der Waals surface area contributed by atoms with Gasteiger partial charge in [0.05, 0.1) is 11.4 Å². The minimum absolute atomic E-state index is 0.318. The van der Waals surface area contributed by atoms with Gasteiger partial charge in [0.1, 0.15) is 4.90 Å². The number of fused-ring (bicyclic) bond motifs is 1. The number of aromatic nitrogens is 2. The molecule has 0 aliphatic carbocycles. The molecular weight excluding hydrogens is 348 g/mol. The predicted molar refractivity (Wildman–Crippen MR) is 101 cm³/mol. The van der Waals surface area contributed by atoms with Gasteiger partial charge in [-0.1, -0.05) is 30.3 Å². The summed E-state index contributed by atoms with van der Waals surface area (Å²) in [7, 11) is -1.36. The molecule has 6 nitrogen and oxygen atoms in total. The van der Waals surface area contributed by atoms with E-state index in [1.165, 1.54) is 5.56 Å². The molecule has 2 aromatic rings. The Morgan fingerprint density at radius 2 is 1.88 bits per heavy atom. The van der Waals surface area contributed by atoms with Gasteiger partial charge in [0.15, 0.2) is 0 Å². The van der Waals surface area contributed by atoms with E-state index in [4.69, 9.17) is 0 Å². The Balaban J connectivity index is 1.65. The molecule has 26 heavy (non-hydrogen) atoms. The molecular formula is C19H26N4O2S. The molecule has 0 saturated carbocycles. The van der Waals surface area contributed by atoms with E-state index in [1.54, 1.807) is 18.2 Å². The summed E-state index contributed by atoms with van der Waals surface area (Å²) < 4.78 is 28.2. The number of nitrogens with one attached hydrogen (secondary N) is 1. The van der Waals surface area contributed by atoms with Gasteiger partial charge >= 0.3 is 0 Å². The lowest BCUT2D eigenvalue weighted by Crippen LogP contribution is -2.48. The quantitative estimate of drug-likeness (QED) is 0.894. The summed E-state index contributed by atoms with van der Waals surface area (Å²) in [5.74, 6) is 0.689. The Labute approximate surface area is 155 Å². The molecule has 3 heterocycles. The third kappa shape index (κ3) is 2.78. The highest BCUT2D eigenvalue weighted by molar-refractivity contribution is 7.89. The molecule has 0 bridgehead atoms. The highest BCUT2D eigenvalue weighted by Crippen LogP contribution is 2.41. The number of aryl methyl sites for hydroxylation is 2. The van der Waals surface area contributed by atoms with Crippen LogP contribution in [0.25, 0.3) is 0 Å². The zero-order chi connectivity index (χ0) is 18.5. The second kappa shape index (κ2) is 6.48. The molecule has 0 amide bonds. The lowest BCUT2D eigenvalue weighted by atomic mass is 9.82. The number of piperidine rings is 1. The summed E-state index contributed by atoms with van der Waals surface area (Å²) in [6, 6.07) is 10.9. The van der Waals surface area contributed by atoms with Crippen molar-refractivity contribution in [1.82, 2.24) is 19.4 Å². The van der Waals surface area contributed by atoms with Crippen molar-refractivity contribution >= 4 is 10.0 Å². The van der Waals surface area contributed by atoms with Gasteiger partial charge in [0.25, 0.3) is 0 Å². The first-order valence-corrected chi connectivity index (χ1v) is 10.6. The molecule has 140 valence electrons. The first kappa shape index (κ1) is 17.7. The molecule has 0 spiro atoms. The van der Waals surface area contributed by atoms with Gasteiger partial charge in [-0.25, -0.2) is 8.42 Å². The van der Waals surface area contributed by atoms with Crippen LogP contribution in [0.1, 0.15) is 29.3 Å². The van der Waals surface area contributed by atoms with Gasteiger partial charge < -0.3 is 4.90 Å². The Hall–Kier alpha value is -1.70. The van der Waals surface area contributed by atoms with Crippen LogP contribution in [0.2, 0.25) is 0 Å². The van der Waals surface area contributed by atoms with Crippen molar-refractivity contribution in [3.05, 3.63) is 47.3 Å². The largest absolute Gasteiger partial charge is 0.302 e. The number of H-pyrrole nitrogens is 1. The lowest BCUT2D eigenvalue weighted by Gasteiger charge is -2.37. The third-order valence-corrected chi connectivity index (χ3v) is 8.17. The third-order valence-electron chi connectivity index (χ3n) is 6.04. The summed E-state index contributed by atoms with van der Waals surface area (Å²) in [6.07, 6.45) is 0.875. The number of likely N-dealkylation sites (N-methyl/N-ethyl adjacent to an activating group) is 1. The Morgan fingerprint density at radius 3 is 2.54 bits per heavy atom. The summed E-state index contributed by atoms with van der Waals surface area (Å²) in [5, 5.41) is 6.89. The molecule has 1 aromatic carbocycles. The van der Waals surface area contributed by atoms with Gasteiger partial charge in [-0.15, -0.1) is 0 Å². The first-order chi connectivity index (χ1) is 12.4. The number of sulfonamides is 1. The van der Waals surface area contributed by atoms with Crippen molar-refractivity contribution < 1.29 is 8.42 Å². The molecule has 7 heteroatoms. The highest BCUT2D eigenvalue weighted by atomic mass is 32.2. The molecule has 0 radical (unpaired) electrons. The number of likely N-dealkylation sites (tertiary alicyclic amines) is 1. The maximum absolute atomic E-state index is 13.3. The molecule has 2 saturated heterocycles. The SMILES string of the molecule is Cc1n[nH]c(C)c1S(=O)(=O)N1CC[C@@H]2[C@H](C1)[C@@H](c1ccccc1)CN2C. The van der Waals surface area contributed by atoms with E-state index < -0.39 is 10.0 Å². The Kier molecular flexibility index (Phi) is 4.41. The minimum Gasteiger partial charge on any atom is -0.302 e. The van der Waals surface area contributed by atoms with Gasteiger partial charge in [-0.3, -0.25) is 5.10 Å². The number of hydrogen-bond acceptors (Lipinski definition) is 4. The second-order valence-electron chi connectivity index (χ2n) is 7.60. The van der Waals surface area contributed by atoms with Crippen molar-refractivity contribution in [2.75, 3.05) is 26.7 Å². The van der Waals surface area contributed by atoms with E-state index >= 15 is 0 Å². The van der Waals surface area contributed by atoms with Crippen LogP contribution in [0.5, 0.6) is 0 Å². The maximum Gasteiger partial charge on any atom is 0.246 e. The van der Waals surface area contributed by atoms with E-state index in [0.717, 1.165) is 13.0 Å². The van der Waals surface area contributed by atoms with E-state index in [0.29, 0.717) is 47.3 Å². The number of nitrogens with zero attached hydrogens (tertiary/aromatic N) is 3. The molecule has 2 aliphatic rings. The highest BCUT2D eigenvalue weighted by Gasteiger charge is 2.46. The first-order valence-electron chi connectivity index (χ1n) is 9.16. The number of aromatic amines is 1. The van der Waals surface area contributed by atoms with Crippen molar-refractivity contribution in [2.24, 2.45) is 5.92 Å². The maximum atomic E-state index is 13.3. The lowest BCUT2D eigenvalue weighted by molar-refractivity contribution is 0.175. The van der Waals surface area contributed by atoms with Crippen LogP contribution in [0, 0.1) is 19.8 Å². The smallest absolute Gasteiger partial charge is 0.246 e. The van der Waals surface area contributed by atoms with E-state index in [-0.39, 0.29) is 0 Å². The van der Waals surface area contributed by atoms with Crippen molar-refractivity contribution in [2.45, 2.75) is 37.1 Å². The molecule has 2 aliphatic heterocycles. The van der Waals surface area contributed by atoms with Crippen LogP contribution in [-0.4, -0.2) is 60.5 Å². The molecule has 1 aromatic heterocycles. The van der Waals surface area contributed by atoms with Crippen molar-refractivity contribution in [3.8, 4) is 0 Å². The fourth-order valence-corrected chi connectivity index (χ4v) is 6.61. The van der Waals surface area contributed by atoms with Crippen LogP contribution in [0.4, 0.5) is 0 Å². The summed E-state index contributed by atoms with van der Waals surface area (Å²) >= 11 is 0. The van der Waals surface area contributed by atoms with Crippen molar-refractivity contribution in [3.63, 3.8) is 0 Å². The fourth-order valence-electron chi connectivity index (χ4n) is 4.78. The normalized spacial score (nSPS) is 27.6. The van der Waals surface area contributed by atoms with E-state index in [1.807, 2.05) is 6.07 Å².